The summed E-state index contributed by atoms with van der Waals surface area (Å²) in [5.41, 5.74) is 4.36. The molecule has 0 saturated carbocycles. The molecule has 188 valence electrons. The van der Waals surface area contributed by atoms with Gasteiger partial charge in [0, 0.05) is 36.7 Å². The van der Waals surface area contributed by atoms with Crippen molar-refractivity contribution in [2.24, 2.45) is 0 Å². The van der Waals surface area contributed by atoms with E-state index in [1.165, 1.54) is 31.0 Å². The molecule has 0 fully saturated rings. The molecule has 2 aromatic heterocycles. The lowest BCUT2D eigenvalue weighted by atomic mass is 9.84. The van der Waals surface area contributed by atoms with E-state index in [-0.39, 0.29) is 29.2 Å². The summed E-state index contributed by atoms with van der Waals surface area (Å²) in [5.74, 6) is -1.07. The maximum absolute atomic E-state index is 12.8. The number of ether oxygens (including phenoxy) is 1. The Balaban J connectivity index is 1.39. The van der Waals surface area contributed by atoms with Gasteiger partial charge in [-0.1, -0.05) is 18.2 Å². The summed E-state index contributed by atoms with van der Waals surface area (Å²) in [5, 5.41) is 5.18. The molecule has 1 aliphatic carbocycles. The summed E-state index contributed by atoms with van der Waals surface area (Å²) in [7, 11) is 1.50. The molecule has 0 spiro atoms. The number of nitrogens with one attached hydrogen (secondary N) is 2. The van der Waals surface area contributed by atoms with Gasteiger partial charge in [0.2, 0.25) is 0 Å². The number of pyridine rings is 1. The van der Waals surface area contributed by atoms with E-state index in [0.29, 0.717) is 6.42 Å². The van der Waals surface area contributed by atoms with E-state index >= 15 is 0 Å². The number of hydrogen-bond acceptors (Lipinski definition) is 6. The van der Waals surface area contributed by atoms with E-state index in [9.17, 15) is 22.8 Å². The van der Waals surface area contributed by atoms with Crippen LogP contribution in [0.25, 0.3) is 11.1 Å². The van der Waals surface area contributed by atoms with E-state index in [1.54, 1.807) is 12.4 Å². The van der Waals surface area contributed by atoms with E-state index in [4.69, 9.17) is 4.74 Å². The minimum atomic E-state index is -4.36. The highest BCUT2D eigenvalue weighted by atomic mass is 19.4. The highest BCUT2D eigenvalue weighted by Crippen LogP contribution is 2.31. The van der Waals surface area contributed by atoms with Crippen molar-refractivity contribution in [1.82, 2.24) is 25.6 Å². The van der Waals surface area contributed by atoms with Crippen LogP contribution in [-0.4, -0.2) is 52.6 Å². The smallest absolute Gasteiger partial charge is 0.390 e. The molecule has 1 aromatic carbocycles. The third kappa shape index (κ3) is 6.15. The summed E-state index contributed by atoms with van der Waals surface area (Å²) in [6, 6.07) is 8.97. The Morgan fingerprint density at radius 3 is 2.50 bits per heavy atom. The fourth-order valence-corrected chi connectivity index (χ4v) is 4.08. The summed E-state index contributed by atoms with van der Waals surface area (Å²) in [4.78, 5) is 37.1. The third-order valence-electron chi connectivity index (χ3n) is 5.89. The zero-order valence-corrected chi connectivity index (χ0v) is 19.4. The molecule has 36 heavy (non-hydrogen) atoms. The van der Waals surface area contributed by atoms with Crippen LogP contribution < -0.4 is 15.4 Å². The largest absolute Gasteiger partial charge is 0.467 e. The molecule has 1 aliphatic rings. The van der Waals surface area contributed by atoms with Gasteiger partial charge in [0.15, 0.2) is 0 Å². The maximum Gasteiger partial charge on any atom is 0.390 e. The van der Waals surface area contributed by atoms with Crippen LogP contribution in [0.1, 0.15) is 44.8 Å². The lowest BCUT2D eigenvalue weighted by Gasteiger charge is -2.27. The van der Waals surface area contributed by atoms with E-state index in [2.05, 4.69) is 31.7 Å². The molecular formula is C25H24F3N5O3. The van der Waals surface area contributed by atoms with Gasteiger partial charge in [0.1, 0.15) is 5.69 Å². The normalized spacial score (nSPS) is 15.1. The number of methoxy groups -OCH3 is 1. The van der Waals surface area contributed by atoms with Gasteiger partial charge in [-0.15, -0.1) is 0 Å². The summed E-state index contributed by atoms with van der Waals surface area (Å²) < 4.78 is 41.8. The standard InChI is InChI=1S/C25H24F3N5O3/c1-36-24-31-13-17(14-32-24)19-4-2-3-15-5-7-18(11-20(15)19)33-22(34)16-6-8-21(30-12-16)23(35)29-10-9-25(26,27)28/h2-4,6,8,12-14,18H,5,7,9-11H2,1H3,(H,29,35)(H,33,34)/t18-/m1/s1. The summed E-state index contributed by atoms with van der Waals surface area (Å²) in [6.07, 6.45) is 1.34. The van der Waals surface area contributed by atoms with Gasteiger partial charge in [-0.3, -0.25) is 14.6 Å². The number of carbonyl (C=O) groups excluding carboxylic acids is 2. The molecule has 3 aromatic rings. The molecule has 4 rings (SSSR count). The van der Waals surface area contributed by atoms with E-state index in [1.807, 2.05) is 12.1 Å². The first kappa shape index (κ1) is 25.1. The molecule has 2 N–H and O–H groups in total. The zero-order valence-electron chi connectivity index (χ0n) is 19.4. The van der Waals surface area contributed by atoms with Gasteiger partial charge >= 0.3 is 12.2 Å². The van der Waals surface area contributed by atoms with Crippen molar-refractivity contribution in [2.45, 2.75) is 37.9 Å². The number of amides is 2. The van der Waals surface area contributed by atoms with Gasteiger partial charge in [0.25, 0.3) is 11.8 Å². The molecular weight excluding hydrogens is 475 g/mol. The fourth-order valence-electron chi connectivity index (χ4n) is 4.08. The van der Waals surface area contributed by atoms with Crippen molar-refractivity contribution in [3.05, 3.63) is 71.3 Å². The van der Waals surface area contributed by atoms with Crippen molar-refractivity contribution in [3.8, 4) is 17.1 Å². The third-order valence-corrected chi connectivity index (χ3v) is 5.89. The van der Waals surface area contributed by atoms with Gasteiger partial charge in [-0.25, -0.2) is 9.97 Å². The monoisotopic (exact) mass is 499 g/mol. The van der Waals surface area contributed by atoms with Crippen LogP contribution in [0.3, 0.4) is 0 Å². The fraction of sp³-hybridized carbons (Fsp3) is 0.320. The molecule has 0 unspecified atom stereocenters. The Morgan fingerprint density at radius 2 is 1.83 bits per heavy atom. The van der Waals surface area contributed by atoms with Crippen LogP contribution >= 0.6 is 0 Å². The molecule has 2 heterocycles. The minimum absolute atomic E-state index is 0.0633. The van der Waals surface area contributed by atoms with Crippen molar-refractivity contribution in [3.63, 3.8) is 0 Å². The number of alkyl halides is 3. The predicted octanol–water partition coefficient (Wildman–Crippen LogP) is 3.52. The van der Waals surface area contributed by atoms with Crippen LogP contribution in [0.15, 0.2) is 48.9 Å². The highest BCUT2D eigenvalue weighted by molar-refractivity contribution is 5.96. The Kier molecular flexibility index (Phi) is 7.47. The van der Waals surface area contributed by atoms with Crippen molar-refractivity contribution < 1.29 is 27.5 Å². The number of aromatic nitrogens is 3. The van der Waals surface area contributed by atoms with E-state index < -0.39 is 25.0 Å². The maximum atomic E-state index is 12.8. The number of halogens is 3. The predicted molar refractivity (Wildman–Crippen MR) is 125 cm³/mol. The first-order valence-corrected chi connectivity index (χ1v) is 11.3. The summed E-state index contributed by atoms with van der Waals surface area (Å²) in [6.45, 7) is -0.542. The average molecular weight is 499 g/mol. The SMILES string of the molecule is COc1ncc(-c2cccc3c2C[C@H](NC(=O)c2ccc(C(=O)NCCC(F)(F)F)nc2)CC3)cn1. The first-order valence-electron chi connectivity index (χ1n) is 11.3. The average Bonchev–Trinajstić information content (AvgIpc) is 2.87. The van der Waals surface area contributed by atoms with Crippen molar-refractivity contribution in [1.29, 1.82) is 0 Å². The second-order valence-corrected chi connectivity index (χ2v) is 8.37. The Hall–Kier alpha value is -4.02. The number of carbonyl (C=O) groups is 2. The molecule has 0 radical (unpaired) electrons. The Labute approximate surface area is 205 Å². The molecule has 1 atom stereocenters. The molecule has 2 amide bonds. The van der Waals surface area contributed by atoms with Gasteiger partial charge in [-0.2, -0.15) is 13.2 Å². The second-order valence-electron chi connectivity index (χ2n) is 8.37. The van der Waals surface area contributed by atoms with Crippen molar-refractivity contribution >= 4 is 11.8 Å². The molecule has 0 aliphatic heterocycles. The van der Waals surface area contributed by atoms with Crippen molar-refractivity contribution in [2.75, 3.05) is 13.7 Å². The minimum Gasteiger partial charge on any atom is -0.467 e. The Bertz CT molecular complexity index is 1230. The topological polar surface area (TPSA) is 106 Å². The van der Waals surface area contributed by atoms with E-state index in [0.717, 1.165) is 29.5 Å². The lowest BCUT2D eigenvalue weighted by Crippen LogP contribution is -2.39. The molecule has 0 saturated heterocycles. The van der Waals surface area contributed by atoms with Crippen LogP contribution in [-0.2, 0) is 12.8 Å². The van der Waals surface area contributed by atoms with Crippen LogP contribution in [0, 0.1) is 0 Å². The number of nitrogens with zero attached hydrogens (tertiary/aromatic N) is 3. The van der Waals surface area contributed by atoms with Crippen LogP contribution in [0.4, 0.5) is 13.2 Å². The highest BCUT2D eigenvalue weighted by Gasteiger charge is 2.27. The number of benzene rings is 1. The number of aryl methyl sites for hydroxylation is 1. The first-order chi connectivity index (χ1) is 17.2. The number of hydrogen-bond donors (Lipinski definition) is 2. The molecule has 11 heteroatoms. The molecule has 0 bridgehead atoms. The number of rotatable bonds is 7. The van der Waals surface area contributed by atoms with Gasteiger partial charge < -0.3 is 15.4 Å². The Morgan fingerprint density at radius 1 is 1.06 bits per heavy atom. The van der Waals surface area contributed by atoms with Gasteiger partial charge in [-0.05, 0) is 48.1 Å². The van der Waals surface area contributed by atoms with Crippen LogP contribution in [0.2, 0.25) is 0 Å². The van der Waals surface area contributed by atoms with Gasteiger partial charge in [0.05, 0.1) is 19.1 Å². The molecule has 8 nitrogen and oxygen atoms in total. The number of fused-ring (bicyclic) bond motifs is 1. The quantitative estimate of drug-likeness (QED) is 0.515. The summed E-state index contributed by atoms with van der Waals surface area (Å²) >= 11 is 0. The lowest BCUT2D eigenvalue weighted by molar-refractivity contribution is -0.133. The van der Waals surface area contributed by atoms with Crippen LogP contribution in [0.5, 0.6) is 6.01 Å². The second kappa shape index (κ2) is 10.7. The zero-order chi connectivity index (χ0) is 25.7.